The number of rotatable bonds is 7. The molecule has 1 unspecified atom stereocenters. The number of hydrogen-bond donors (Lipinski definition) is 2. The quantitative estimate of drug-likeness (QED) is 0.657. The Morgan fingerprint density at radius 1 is 1.00 bits per heavy atom. The Kier molecular flexibility index (Phi) is 5.13. The largest absolute Gasteiger partial charge is 0.386 e. The summed E-state index contributed by atoms with van der Waals surface area (Å²) >= 11 is 0. The van der Waals surface area contributed by atoms with Crippen LogP contribution in [0.3, 0.4) is 0 Å². The highest BCUT2D eigenvalue weighted by atomic mass is 16.5. The summed E-state index contributed by atoms with van der Waals surface area (Å²) in [6.45, 7) is 1.32. The molecule has 0 spiro atoms. The first-order chi connectivity index (χ1) is 11.3. The Hall–Kier alpha value is -2.50. The molecular weight excluding hydrogens is 290 g/mol. The average molecular weight is 309 g/mol. The van der Waals surface area contributed by atoms with Crippen molar-refractivity contribution in [1.82, 2.24) is 9.97 Å². The first kappa shape index (κ1) is 15.4. The molecule has 0 aliphatic carbocycles. The van der Waals surface area contributed by atoms with Crippen molar-refractivity contribution >= 4 is 16.7 Å². The van der Waals surface area contributed by atoms with Crippen LogP contribution in [0.5, 0.6) is 0 Å². The van der Waals surface area contributed by atoms with Gasteiger partial charge in [-0.05, 0) is 22.4 Å². The Morgan fingerprint density at radius 3 is 2.65 bits per heavy atom. The number of aromatic nitrogens is 2. The second-order valence-electron chi connectivity index (χ2n) is 5.16. The molecule has 1 atom stereocenters. The second kappa shape index (κ2) is 7.67. The molecule has 3 aromatic rings. The maximum atomic E-state index is 10.4. The zero-order valence-corrected chi connectivity index (χ0v) is 12.7. The fourth-order valence-corrected chi connectivity index (χ4v) is 2.45. The Morgan fingerprint density at radius 2 is 1.78 bits per heavy atom. The summed E-state index contributed by atoms with van der Waals surface area (Å²) in [5, 5.41) is 15.6. The number of aliphatic hydroxyl groups is 1. The van der Waals surface area contributed by atoms with E-state index >= 15 is 0 Å². The van der Waals surface area contributed by atoms with Crippen molar-refractivity contribution in [3.8, 4) is 0 Å². The van der Waals surface area contributed by atoms with Crippen molar-refractivity contribution in [3.63, 3.8) is 0 Å². The van der Waals surface area contributed by atoms with Gasteiger partial charge in [0, 0.05) is 18.9 Å². The van der Waals surface area contributed by atoms with Crippen LogP contribution in [0.25, 0.3) is 10.8 Å². The summed E-state index contributed by atoms with van der Waals surface area (Å²) < 4.78 is 5.55. The molecule has 5 heteroatoms. The molecule has 2 aromatic carbocycles. The van der Waals surface area contributed by atoms with Gasteiger partial charge in [-0.1, -0.05) is 42.5 Å². The van der Waals surface area contributed by atoms with Gasteiger partial charge in [0.1, 0.15) is 6.10 Å². The van der Waals surface area contributed by atoms with Gasteiger partial charge in [0.25, 0.3) is 0 Å². The van der Waals surface area contributed by atoms with E-state index in [-0.39, 0.29) is 6.61 Å². The molecule has 118 valence electrons. The minimum atomic E-state index is -0.644. The molecule has 0 amide bonds. The fourth-order valence-electron chi connectivity index (χ4n) is 2.45. The smallest absolute Gasteiger partial charge is 0.222 e. The van der Waals surface area contributed by atoms with Crippen molar-refractivity contribution in [3.05, 3.63) is 66.5 Å². The zero-order chi connectivity index (χ0) is 15.9. The van der Waals surface area contributed by atoms with Gasteiger partial charge in [-0.25, -0.2) is 9.97 Å². The summed E-state index contributed by atoms with van der Waals surface area (Å²) in [6, 6.07) is 15.7. The molecule has 23 heavy (non-hydrogen) atoms. The number of benzene rings is 2. The molecule has 2 N–H and O–H groups in total. The first-order valence-corrected chi connectivity index (χ1v) is 7.59. The highest BCUT2D eigenvalue weighted by Gasteiger charge is 2.10. The molecule has 0 radical (unpaired) electrons. The van der Waals surface area contributed by atoms with Crippen molar-refractivity contribution in [1.29, 1.82) is 0 Å². The van der Waals surface area contributed by atoms with E-state index in [4.69, 9.17) is 4.74 Å². The molecule has 0 bridgehead atoms. The summed E-state index contributed by atoms with van der Waals surface area (Å²) in [5.74, 6) is 0.575. The molecule has 1 heterocycles. The number of fused-ring (bicyclic) bond motifs is 1. The van der Waals surface area contributed by atoms with Crippen LogP contribution >= 0.6 is 0 Å². The van der Waals surface area contributed by atoms with E-state index in [1.165, 1.54) is 0 Å². The summed E-state index contributed by atoms with van der Waals surface area (Å²) in [7, 11) is 0. The maximum absolute atomic E-state index is 10.4. The Balaban J connectivity index is 1.50. The number of hydrogen-bond acceptors (Lipinski definition) is 5. The lowest BCUT2D eigenvalue weighted by atomic mass is 10.0. The van der Waals surface area contributed by atoms with E-state index in [0.29, 0.717) is 19.1 Å². The lowest BCUT2D eigenvalue weighted by Crippen LogP contribution is -2.15. The second-order valence-corrected chi connectivity index (χ2v) is 5.16. The molecule has 5 nitrogen and oxygen atoms in total. The van der Waals surface area contributed by atoms with Crippen molar-refractivity contribution in [2.24, 2.45) is 0 Å². The zero-order valence-electron chi connectivity index (χ0n) is 12.7. The van der Waals surface area contributed by atoms with Crippen LogP contribution in [0.15, 0.2) is 60.9 Å². The number of nitrogens with zero attached hydrogens (tertiary/aromatic N) is 2. The first-order valence-electron chi connectivity index (χ1n) is 7.59. The van der Waals surface area contributed by atoms with Gasteiger partial charge >= 0.3 is 0 Å². The van der Waals surface area contributed by atoms with Crippen LogP contribution < -0.4 is 5.32 Å². The van der Waals surface area contributed by atoms with Crippen LogP contribution in [0.4, 0.5) is 5.95 Å². The minimum absolute atomic E-state index is 0.255. The van der Waals surface area contributed by atoms with Crippen molar-refractivity contribution in [2.75, 3.05) is 25.1 Å². The predicted molar refractivity (Wildman–Crippen MR) is 90.2 cm³/mol. The monoisotopic (exact) mass is 309 g/mol. The molecule has 0 aliphatic rings. The van der Waals surface area contributed by atoms with Crippen LogP contribution in [-0.4, -0.2) is 34.8 Å². The van der Waals surface area contributed by atoms with Crippen LogP contribution in [0, 0.1) is 0 Å². The molecule has 0 fully saturated rings. The van der Waals surface area contributed by atoms with E-state index < -0.39 is 6.10 Å². The third-order valence-corrected chi connectivity index (χ3v) is 3.55. The maximum Gasteiger partial charge on any atom is 0.222 e. The minimum Gasteiger partial charge on any atom is -0.386 e. The summed E-state index contributed by atoms with van der Waals surface area (Å²) in [6.07, 6.45) is 2.72. The number of anilines is 1. The van der Waals surface area contributed by atoms with Gasteiger partial charge in [-0.3, -0.25) is 0 Å². The number of nitrogens with one attached hydrogen (secondary N) is 1. The van der Waals surface area contributed by atoms with Crippen LogP contribution in [-0.2, 0) is 4.74 Å². The normalized spacial score (nSPS) is 12.2. The fraction of sp³-hybridized carbons (Fsp3) is 0.222. The van der Waals surface area contributed by atoms with Crippen molar-refractivity contribution < 1.29 is 9.84 Å². The van der Waals surface area contributed by atoms with Gasteiger partial charge in [0.2, 0.25) is 5.95 Å². The molecule has 3 rings (SSSR count). The number of aliphatic hydroxyl groups excluding tert-OH is 1. The van der Waals surface area contributed by atoms with Gasteiger partial charge < -0.3 is 15.2 Å². The Bertz CT molecular complexity index is 744. The van der Waals surface area contributed by atoms with Gasteiger partial charge in [0.15, 0.2) is 0 Å². The lowest BCUT2D eigenvalue weighted by Gasteiger charge is -2.14. The average Bonchev–Trinajstić information content (AvgIpc) is 2.61. The number of ether oxygens (including phenoxy) is 1. The SMILES string of the molecule is OC(COCCNc1ncccn1)c1cccc2ccccc12. The predicted octanol–water partition coefficient (Wildman–Crippen LogP) is 2.79. The van der Waals surface area contributed by atoms with E-state index in [0.717, 1.165) is 16.3 Å². The van der Waals surface area contributed by atoms with Gasteiger partial charge in [-0.15, -0.1) is 0 Å². The third-order valence-electron chi connectivity index (χ3n) is 3.55. The molecule has 1 aromatic heterocycles. The third kappa shape index (κ3) is 4.03. The van der Waals surface area contributed by atoms with E-state index in [2.05, 4.69) is 15.3 Å². The molecular formula is C18H19N3O2. The van der Waals surface area contributed by atoms with Gasteiger partial charge in [0.05, 0.1) is 13.2 Å². The topological polar surface area (TPSA) is 67.3 Å². The van der Waals surface area contributed by atoms with Crippen molar-refractivity contribution in [2.45, 2.75) is 6.10 Å². The highest BCUT2D eigenvalue weighted by molar-refractivity contribution is 5.85. The van der Waals surface area contributed by atoms with Crippen LogP contribution in [0.2, 0.25) is 0 Å². The summed E-state index contributed by atoms with van der Waals surface area (Å²) in [5.41, 5.74) is 0.891. The highest BCUT2D eigenvalue weighted by Crippen LogP contribution is 2.24. The van der Waals surface area contributed by atoms with E-state index in [1.807, 2.05) is 42.5 Å². The van der Waals surface area contributed by atoms with Crippen LogP contribution in [0.1, 0.15) is 11.7 Å². The molecule has 0 aliphatic heterocycles. The standard InChI is InChI=1S/C18H19N3O2/c22-17(13-23-12-11-21-18-19-9-4-10-20-18)16-8-3-6-14-5-1-2-7-15(14)16/h1-10,17,22H,11-13H2,(H,19,20,21). The van der Waals surface area contributed by atoms with E-state index in [9.17, 15) is 5.11 Å². The van der Waals surface area contributed by atoms with Gasteiger partial charge in [-0.2, -0.15) is 0 Å². The Labute approximate surface area is 135 Å². The molecule has 0 saturated carbocycles. The molecule has 0 saturated heterocycles. The van der Waals surface area contributed by atoms with E-state index in [1.54, 1.807) is 18.5 Å². The lowest BCUT2D eigenvalue weighted by molar-refractivity contribution is 0.0413. The summed E-state index contributed by atoms with van der Waals surface area (Å²) in [4.78, 5) is 8.13.